The van der Waals surface area contributed by atoms with E-state index in [0.29, 0.717) is 12.5 Å². The molecule has 2 aromatic rings. The quantitative estimate of drug-likeness (QED) is 0.355. The largest absolute Gasteiger partial charge is 0.544 e. The van der Waals surface area contributed by atoms with Crippen LogP contribution in [0, 0.1) is 17.3 Å². The molecule has 0 N–H and O–H groups in total. The molecule has 0 spiro atoms. The van der Waals surface area contributed by atoms with Gasteiger partial charge >= 0.3 is 0 Å². The number of aryl methyl sites for hydroxylation is 1. The molecule has 0 bridgehead atoms. The number of benzene rings is 2. The number of nitrogens with zero attached hydrogens (tertiary/aromatic N) is 1. The fraction of sp³-hybridized carbons (Fsp3) is 0.536. The summed E-state index contributed by atoms with van der Waals surface area (Å²) in [5.74, 6) is 3.27. The molecule has 0 radical (unpaired) electrons. The minimum absolute atomic E-state index is 0.205. The van der Waals surface area contributed by atoms with Gasteiger partial charge in [0.2, 0.25) is 8.32 Å². The van der Waals surface area contributed by atoms with Crippen LogP contribution in [-0.4, -0.2) is 14.0 Å². The van der Waals surface area contributed by atoms with Crippen LogP contribution in [0.3, 0.4) is 0 Å². The van der Waals surface area contributed by atoms with Crippen LogP contribution < -0.4 is 4.43 Å². The fourth-order valence-electron chi connectivity index (χ4n) is 6.67. The van der Waals surface area contributed by atoms with Gasteiger partial charge in [-0.3, -0.25) is 0 Å². The molecule has 0 heterocycles. The first kappa shape index (κ1) is 21.8. The van der Waals surface area contributed by atoms with Gasteiger partial charge in [0, 0.05) is 5.41 Å². The van der Waals surface area contributed by atoms with E-state index in [4.69, 9.17) is 14.4 Å². The molecular weight excluding hydrogens is 410 g/mol. The minimum Gasteiger partial charge on any atom is -0.544 e. The maximum Gasteiger partial charge on any atom is 0.242 e. The summed E-state index contributed by atoms with van der Waals surface area (Å²) in [6.07, 6.45) is 7.32. The molecule has 4 heteroatoms. The molecule has 170 valence electrons. The third-order valence-corrected chi connectivity index (χ3v) is 8.96. The zero-order valence-electron chi connectivity index (χ0n) is 20.1. The third-order valence-electron chi connectivity index (χ3n) is 8.11. The van der Waals surface area contributed by atoms with E-state index in [1.165, 1.54) is 48.9 Å². The maximum absolute atomic E-state index is 6.28. The number of fused-ring (bicyclic) bond motifs is 5. The zero-order valence-corrected chi connectivity index (χ0v) is 21.1. The predicted molar refractivity (Wildman–Crippen MR) is 134 cm³/mol. The summed E-state index contributed by atoms with van der Waals surface area (Å²) in [6.45, 7) is 9.80. The van der Waals surface area contributed by atoms with Crippen LogP contribution in [0.2, 0.25) is 19.6 Å². The minimum atomic E-state index is -1.57. The second-order valence-electron chi connectivity index (χ2n) is 11.3. The Balaban J connectivity index is 1.31. The van der Waals surface area contributed by atoms with Crippen molar-refractivity contribution in [3.63, 3.8) is 0 Å². The molecule has 3 nitrogen and oxygen atoms in total. The lowest BCUT2D eigenvalue weighted by atomic mass is 9.55. The molecule has 2 aromatic carbocycles. The van der Waals surface area contributed by atoms with Crippen molar-refractivity contribution < 1.29 is 9.26 Å². The first-order valence-electron chi connectivity index (χ1n) is 12.4. The normalized spacial score (nSPS) is 30.4. The Bertz CT molecular complexity index is 996. The van der Waals surface area contributed by atoms with Gasteiger partial charge in [-0.05, 0) is 105 Å². The molecule has 2 saturated carbocycles. The van der Waals surface area contributed by atoms with Crippen molar-refractivity contribution in [2.45, 2.75) is 77.6 Å². The lowest BCUT2D eigenvalue weighted by Crippen LogP contribution is -2.42. The summed E-state index contributed by atoms with van der Waals surface area (Å²) in [5, 5.41) is 4.71. The molecule has 4 unspecified atom stereocenters. The highest BCUT2D eigenvalue weighted by atomic mass is 28.4. The van der Waals surface area contributed by atoms with Gasteiger partial charge in [-0.25, -0.2) is 0 Å². The van der Waals surface area contributed by atoms with Gasteiger partial charge in [-0.2, -0.15) is 0 Å². The predicted octanol–water partition coefficient (Wildman–Crippen LogP) is 7.33. The van der Waals surface area contributed by atoms with E-state index < -0.39 is 8.32 Å². The van der Waals surface area contributed by atoms with Crippen LogP contribution in [0.25, 0.3) is 0 Å². The summed E-state index contributed by atoms with van der Waals surface area (Å²) in [7, 11) is -1.57. The Morgan fingerprint density at radius 1 is 1.00 bits per heavy atom. The van der Waals surface area contributed by atoms with Gasteiger partial charge in [-0.15, -0.1) is 0 Å². The average Bonchev–Trinajstić information content (AvgIpc) is 3.09. The van der Waals surface area contributed by atoms with Crippen molar-refractivity contribution in [3.05, 3.63) is 65.2 Å². The average molecular weight is 448 g/mol. The van der Waals surface area contributed by atoms with Crippen molar-refractivity contribution in [1.82, 2.24) is 0 Å². The summed E-state index contributed by atoms with van der Waals surface area (Å²) in [6, 6.07) is 17.3. The smallest absolute Gasteiger partial charge is 0.242 e. The Hall–Kier alpha value is -2.07. The molecule has 5 rings (SSSR count). The van der Waals surface area contributed by atoms with Crippen molar-refractivity contribution in [3.8, 4) is 5.75 Å². The van der Waals surface area contributed by atoms with E-state index in [-0.39, 0.29) is 5.41 Å². The Morgan fingerprint density at radius 3 is 2.59 bits per heavy atom. The highest BCUT2D eigenvalue weighted by Gasteiger charge is 2.53. The first-order chi connectivity index (χ1) is 15.3. The molecule has 0 aliphatic heterocycles. The monoisotopic (exact) mass is 447 g/mol. The van der Waals surface area contributed by atoms with E-state index in [0.717, 1.165) is 24.0 Å². The molecule has 4 atom stereocenters. The highest BCUT2D eigenvalue weighted by molar-refractivity contribution is 6.70. The number of oxime groups is 1. The van der Waals surface area contributed by atoms with Gasteiger partial charge in [0.1, 0.15) is 12.4 Å². The van der Waals surface area contributed by atoms with E-state index in [2.05, 4.69) is 69.0 Å². The summed E-state index contributed by atoms with van der Waals surface area (Å²) >= 11 is 0. The van der Waals surface area contributed by atoms with Crippen LogP contribution in [-0.2, 0) is 17.9 Å². The standard InChI is InChI=1S/C28H37NO2Si/c1-28-17-16-24-23-13-11-22(31-32(2,3)4)18-21(23)10-12-25(24)26(28)14-15-27(28)29-30-19-20-8-6-5-7-9-20/h5-9,11,13,18,24-26H,10,12,14-17,19H2,1-4H3/b29-27+. The van der Waals surface area contributed by atoms with E-state index >= 15 is 0 Å². The Labute approximate surface area is 194 Å². The van der Waals surface area contributed by atoms with E-state index in [9.17, 15) is 0 Å². The van der Waals surface area contributed by atoms with Gasteiger partial charge in [0.05, 0.1) is 5.71 Å². The van der Waals surface area contributed by atoms with Crippen LogP contribution in [0.5, 0.6) is 5.75 Å². The Kier molecular flexibility index (Phi) is 5.69. The van der Waals surface area contributed by atoms with Gasteiger partial charge in [0.15, 0.2) is 0 Å². The van der Waals surface area contributed by atoms with Gasteiger partial charge < -0.3 is 9.26 Å². The number of hydrogen-bond donors (Lipinski definition) is 0. The highest BCUT2D eigenvalue weighted by Crippen LogP contribution is 2.60. The number of hydrogen-bond acceptors (Lipinski definition) is 3. The molecule has 0 saturated heterocycles. The van der Waals surface area contributed by atoms with E-state index in [1.54, 1.807) is 5.56 Å². The second kappa shape index (κ2) is 8.37. The number of rotatable bonds is 5. The molecule has 32 heavy (non-hydrogen) atoms. The van der Waals surface area contributed by atoms with Crippen LogP contribution in [0.4, 0.5) is 0 Å². The van der Waals surface area contributed by atoms with Gasteiger partial charge in [-0.1, -0.05) is 48.5 Å². The van der Waals surface area contributed by atoms with Gasteiger partial charge in [0.25, 0.3) is 0 Å². The molecule has 3 aliphatic rings. The van der Waals surface area contributed by atoms with Crippen molar-refractivity contribution in [2.75, 3.05) is 0 Å². The lowest BCUT2D eigenvalue weighted by molar-refractivity contribution is 0.0870. The fourth-order valence-corrected chi connectivity index (χ4v) is 7.51. The van der Waals surface area contributed by atoms with Crippen LogP contribution in [0.1, 0.15) is 61.6 Å². The molecule has 0 amide bonds. The molecule has 0 aromatic heterocycles. The zero-order chi connectivity index (χ0) is 22.3. The summed E-state index contributed by atoms with van der Waals surface area (Å²) in [4.78, 5) is 5.84. The van der Waals surface area contributed by atoms with Crippen molar-refractivity contribution >= 4 is 14.0 Å². The van der Waals surface area contributed by atoms with Crippen molar-refractivity contribution in [1.29, 1.82) is 0 Å². The topological polar surface area (TPSA) is 30.8 Å². The molecule has 2 fully saturated rings. The second-order valence-corrected chi connectivity index (χ2v) is 15.7. The van der Waals surface area contributed by atoms with Crippen molar-refractivity contribution in [2.24, 2.45) is 22.4 Å². The summed E-state index contributed by atoms with van der Waals surface area (Å²) < 4.78 is 6.28. The van der Waals surface area contributed by atoms with Crippen LogP contribution in [0.15, 0.2) is 53.7 Å². The molecular formula is C28H37NO2Si. The first-order valence-corrected chi connectivity index (χ1v) is 15.8. The Morgan fingerprint density at radius 2 is 1.81 bits per heavy atom. The van der Waals surface area contributed by atoms with Crippen LogP contribution >= 0.6 is 0 Å². The lowest BCUT2D eigenvalue weighted by Gasteiger charge is -2.49. The SMILES string of the molecule is CC12CCC3c4ccc(O[Si](C)(C)C)cc4CCC3C1CC/C2=N\OCc1ccccc1. The maximum atomic E-state index is 6.28. The summed E-state index contributed by atoms with van der Waals surface area (Å²) in [5.41, 5.74) is 5.82. The van der Waals surface area contributed by atoms with E-state index in [1.807, 2.05) is 6.07 Å². The third kappa shape index (κ3) is 4.14. The molecule has 3 aliphatic carbocycles.